The molecule has 0 unspecified atom stereocenters. The van der Waals surface area contributed by atoms with E-state index in [9.17, 15) is 0 Å². The number of hydrogen-bond acceptors (Lipinski definition) is 5. The minimum atomic E-state index is 0.468. The number of piperidine rings is 1. The van der Waals surface area contributed by atoms with Crippen molar-refractivity contribution >= 4 is 11.6 Å². The Labute approximate surface area is 89.5 Å². The highest BCUT2D eigenvalue weighted by molar-refractivity contribution is 5.39. The van der Waals surface area contributed by atoms with Crippen molar-refractivity contribution in [3.05, 3.63) is 12.4 Å². The van der Waals surface area contributed by atoms with Crippen molar-refractivity contribution in [2.75, 3.05) is 30.3 Å². The molecule has 82 valence electrons. The van der Waals surface area contributed by atoms with E-state index in [4.69, 9.17) is 11.5 Å². The molecule has 0 radical (unpaired) electrons. The van der Waals surface area contributed by atoms with E-state index < -0.39 is 0 Å². The number of rotatable bonds is 2. The predicted octanol–water partition coefficient (Wildman–Crippen LogP) is 0.234. The zero-order valence-corrected chi connectivity index (χ0v) is 8.76. The van der Waals surface area contributed by atoms with Gasteiger partial charge in [0, 0.05) is 13.1 Å². The molecule has 2 heterocycles. The first-order valence-corrected chi connectivity index (χ1v) is 5.32. The van der Waals surface area contributed by atoms with Gasteiger partial charge in [0.2, 0.25) is 0 Å². The van der Waals surface area contributed by atoms with E-state index in [0.717, 1.165) is 38.3 Å². The Kier molecular flexibility index (Phi) is 3.01. The number of hydrogen-bond donors (Lipinski definition) is 2. The first-order valence-electron chi connectivity index (χ1n) is 5.32. The van der Waals surface area contributed by atoms with Crippen LogP contribution in [0.4, 0.5) is 11.6 Å². The lowest BCUT2D eigenvalue weighted by molar-refractivity contribution is 0.413. The highest BCUT2D eigenvalue weighted by Gasteiger charge is 2.18. The van der Waals surface area contributed by atoms with Crippen LogP contribution < -0.4 is 16.4 Å². The summed E-state index contributed by atoms with van der Waals surface area (Å²) in [5.74, 6) is 2.05. The van der Waals surface area contributed by atoms with Gasteiger partial charge in [0.15, 0.2) is 0 Å². The maximum absolute atomic E-state index is 5.64. The van der Waals surface area contributed by atoms with Crippen LogP contribution >= 0.6 is 0 Å². The number of nitrogens with zero attached hydrogens (tertiary/aromatic N) is 3. The second-order valence-electron chi connectivity index (χ2n) is 3.97. The quantitative estimate of drug-likeness (QED) is 0.725. The molecular weight excluding hydrogens is 190 g/mol. The maximum Gasteiger partial charge on any atom is 0.147 e. The van der Waals surface area contributed by atoms with Gasteiger partial charge in [0.25, 0.3) is 0 Å². The molecule has 1 fully saturated rings. The Morgan fingerprint density at radius 1 is 1.27 bits per heavy atom. The van der Waals surface area contributed by atoms with Gasteiger partial charge in [-0.1, -0.05) is 0 Å². The number of nitrogens with two attached hydrogens (primary N) is 2. The van der Waals surface area contributed by atoms with E-state index in [1.807, 2.05) is 0 Å². The zero-order valence-electron chi connectivity index (χ0n) is 8.76. The van der Waals surface area contributed by atoms with Crippen molar-refractivity contribution in [1.82, 2.24) is 9.97 Å². The number of nitrogen functional groups attached to an aromatic ring is 1. The van der Waals surface area contributed by atoms with Crippen molar-refractivity contribution in [3.63, 3.8) is 0 Å². The van der Waals surface area contributed by atoms with Gasteiger partial charge in [-0.2, -0.15) is 0 Å². The van der Waals surface area contributed by atoms with Gasteiger partial charge in [0.05, 0.1) is 12.4 Å². The standard InChI is InChI=1S/C10H17N5/c11-5-8-1-3-15(4-2-8)10-7-13-9(12)6-14-10/h6-8H,1-5,11H2,(H2,12,13). The van der Waals surface area contributed by atoms with Crippen LogP contribution in [0.25, 0.3) is 0 Å². The van der Waals surface area contributed by atoms with E-state index in [1.165, 1.54) is 0 Å². The van der Waals surface area contributed by atoms with Crippen molar-refractivity contribution in [2.24, 2.45) is 11.7 Å². The molecule has 5 heteroatoms. The minimum Gasteiger partial charge on any atom is -0.382 e. The van der Waals surface area contributed by atoms with Crippen LogP contribution in [0.15, 0.2) is 12.4 Å². The van der Waals surface area contributed by atoms with E-state index >= 15 is 0 Å². The van der Waals surface area contributed by atoms with Crippen molar-refractivity contribution in [3.8, 4) is 0 Å². The van der Waals surface area contributed by atoms with Crippen LogP contribution in [0.2, 0.25) is 0 Å². The fraction of sp³-hybridized carbons (Fsp3) is 0.600. The van der Waals surface area contributed by atoms with Crippen molar-refractivity contribution in [1.29, 1.82) is 0 Å². The van der Waals surface area contributed by atoms with Crippen molar-refractivity contribution < 1.29 is 0 Å². The summed E-state index contributed by atoms with van der Waals surface area (Å²) >= 11 is 0. The fourth-order valence-electron chi connectivity index (χ4n) is 1.89. The molecule has 0 spiro atoms. The average molecular weight is 207 g/mol. The van der Waals surface area contributed by atoms with E-state index in [-0.39, 0.29) is 0 Å². The molecular formula is C10H17N5. The molecule has 1 aromatic heterocycles. The molecule has 1 aliphatic heterocycles. The Morgan fingerprint density at radius 3 is 2.53 bits per heavy atom. The summed E-state index contributed by atoms with van der Waals surface area (Å²) in [6.45, 7) is 2.82. The van der Waals surface area contributed by atoms with Gasteiger partial charge in [-0.05, 0) is 25.3 Å². The zero-order chi connectivity index (χ0) is 10.7. The molecule has 1 aromatic rings. The normalized spacial score (nSPS) is 18.1. The lowest BCUT2D eigenvalue weighted by Crippen LogP contribution is -2.36. The summed E-state index contributed by atoms with van der Waals surface area (Å²) in [6, 6.07) is 0. The highest BCUT2D eigenvalue weighted by Crippen LogP contribution is 2.20. The molecule has 0 aromatic carbocycles. The fourth-order valence-corrected chi connectivity index (χ4v) is 1.89. The Bertz CT molecular complexity index is 302. The van der Waals surface area contributed by atoms with Crippen LogP contribution in [0, 0.1) is 5.92 Å². The molecule has 1 saturated heterocycles. The van der Waals surface area contributed by atoms with E-state index in [2.05, 4.69) is 14.9 Å². The molecule has 0 aliphatic carbocycles. The summed E-state index contributed by atoms with van der Waals surface area (Å²) < 4.78 is 0. The number of anilines is 2. The molecule has 5 nitrogen and oxygen atoms in total. The van der Waals surface area contributed by atoms with E-state index in [0.29, 0.717) is 11.7 Å². The molecule has 0 atom stereocenters. The number of aromatic nitrogens is 2. The third kappa shape index (κ3) is 2.36. The molecule has 4 N–H and O–H groups in total. The van der Waals surface area contributed by atoms with Gasteiger partial charge in [-0.25, -0.2) is 9.97 Å². The Balaban J connectivity index is 1.98. The van der Waals surface area contributed by atoms with Gasteiger partial charge in [-0.3, -0.25) is 0 Å². The second-order valence-corrected chi connectivity index (χ2v) is 3.97. The smallest absolute Gasteiger partial charge is 0.147 e. The molecule has 0 amide bonds. The lowest BCUT2D eigenvalue weighted by Gasteiger charge is -2.31. The highest BCUT2D eigenvalue weighted by atomic mass is 15.2. The molecule has 0 saturated carbocycles. The SMILES string of the molecule is NCC1CCN(c2cnc(N)cn2)CC1. The van der Waals surface area contributed by atoms with Gasteiger partial charge < -0.3 is 16.4 Å². The lowest BCUT2D eigenvalue weighted by atomic mass is 9.97. The van der Waals surface area contributed by atoms with Crippen LogP contribution in [0.5, 0.6) is 0 Å². The summed E-state index contributed by atoms with van der Waals surface area (Å²) in [5.41, 5.74) is 11.1. The first-order chi connectivity index (χ1) is 7.29. The van der Waals surface area contributed by atoms with Gasteiger partial charge in [-0.15, -0.1) is 0 Å². The van der Waals surface area contributed by atoms with Crippen molar-refractivity contribution in [2.45, 2.75) is 12.8 Å². The third-order valence-electron chi connectivity index (χ3n) is 2.93. The summed E-state index contributed by atoms with van der Waals surface area (Å²) in [5, 5.41) is 0. The summed E-state index contributed by atoms with van der Waals surface area (Å²) in [4.78, 5) is 10.5. The summed E-state index contributed by atoms with van der Waals surface area (Å²) in [7, 11) is 0. The molecule has 0 bridgehead atoms. The topological polar surface area (TPSA) is 81.1 Å². The first kappa shape index (κ1) is 10.2. The monoisotopic (exact) mass is 207 g/mol. The molecule has 2 rings (SSSR count). The summed E-state index contributed by atoms with van der Waals surface area (Å²) in [6.07, 6.45) is 5.62. The van der Waals surface area contributed by atoms with Crippen LogP contribution in [0.1, 0.15) is 12.8 Å². The van der Waals surface area contributed by atoms with E-state index in [1.54, 1.807) is 12.4 Å². The maximum atomic E-state index is 5.64. The van der Waals surface area contributed by atoms with Crippen LogP contribution in [-0.2, 0) is 0 Å². The van der Waals surface area contributed by atoms with Gasteiger partial charge >= 0.3 is 0 Å². The largest absolute Gasteiger partial charge is 0.382 e. The van der Waals surface area contributed by atoms with Crippen LogP contribution in [0.3, 0.4) is 0 Å². The molecule has 1 aliphatic rings. The van der Waals surface area contributed by atoms with Gasteiger partial charge in [0.1, 0.15) is 11.6 Å². The molecule has 15 heavy (non-hydrogen) atoms. The Hall–Kier alpha value is -1.36. The Morgan fingerprint density at radius 2 is 2.00 bits per heavy atom. The minimum absolute atomic E-state index is 0.468. The third-order valence-corrected chi connectivity index (χ3v) is 2.93. The predicted molar refractivity (Wildman–Crippen MR) is 60.4 cm³/mol. The second kappa shape index (κ2) is 4.44. The van der Waals surface area contributed by atoms with Crippen LogP contribution in [-0.4, -0.2) is 29.6 Å². The average Bonchev–Trinajstić information content (AvgIpc) is 2.30.